The normalized spacial score (nSPS) is 12.2. The summed E-state index contributed by atoms with van der Waals surface area (Å²) >= 11 is 0. The molecule has 138 valence electrons. The number of halogens is 1. The summed E-state index contributed by atoms with van der Waals surface area (Å²) in [6, 6.07) is 13.7. The highest BCUT2D eigenvalue weighted by Crippen LogP contribution is 2.36. The van der Waals surface area contributed by atoms with E-state index in [0.717, 1.165) is 11.3 Å². The molecule has 0 bridgehead atoms. The summed E-state index contributed by atoms with van der Waals surface area (Å²) in [6.45, 7) is 2.86. The van der Waals surface area contributed by atoms with Gasteiger partial charge in [0.15, 0.2) is 17.2 Å². The molecular formula is C20H18FN3O3. The average Bonchev–Trinajstić information content (AvgIpc) is 3.33. The Hall–Kier alpha value is -3.35. The van der Waals surface area contributed by atoms with Gasteiger partial charge in [-0.05, 0) is 37.3 Å². The van der Waals surface area contributed by atoms with Crippen molar-refractivity contribution >= 4 is 5.91 Å². The van der Waals surface area contributed by atoms with Crippen LogP contribution in [0, 0.1) is 5.82 Å². The van der Waals surface area contributed by atoms with Gasteiger partial charge in [0.05, 0.1) is 5.69 Å². The number of rotatable bonds is 5. The quantitative estimate of drug-likeness (QED) is 0.751. The fraction of sp³-hybridized carbons (Fsp3) is 0.200. The lowest BCUT2D eigenvalue weighted by Gasteiger charge is -2.05. The molecule has 1 aliphatic rings. The first-order chi connectivity index (χ1) is 13.2. The van der Waals surface area contributed by atoms with Crippen LogP contribution < -0.4 is 14.8 Å². The number of aryl methyl sites for hydroxylation is 1. The predicted octanol–water partition coefficient (Wildman–Crippen LogP) is 3.37. The standard InChI is InChI=1S/C20H18FN3O3/c1-2-24-17(13-7-8-18-19(9-13)27-12-26-18)10-16(23-24)20(25)22-11-14-5-3-4-6-15(14)21/h3-10H,2,11-12H2,1H3,(H,22,25). The molecule has 0 aliphatic carbocycles. The number of fused-ring (bicyclic) bond motifs is 1. The molecule has 0 atom stereocenters. The van der Waals surface area contributed by atoms with Crippen LogP contribution in [-0.2, 0) is 13.1 Å². The number of benzene rings is 2. The largest absolute Gasteiger partial charge is 0.454 e. The number of carbonyl (C=O) groups is 1. The van der Waals surface area contributed by atoms with Crippen LogP contribution >= 0.6 is 0 Å². The molecule has 27 heavy (non-hydrogen) atoms. The molecule has 3 aromatic rings. The number of hydrogen-bond donors (Lipinski definition) is 1. The molecular weight excluding hydrogens is 349 g/mol. The predicted molar refractivity (Wildman–Crippen MR) is 97.0 cm³/mol. The van der Waals surface area contributed by atoms with Crippen molar-refractivity contribution in [3.05, 3.63) is 65.6 Å². The number of amides is 1. The van der Waals surface area contributed by atoms with E-state index in [1.54, 1.807) is 28.9 Å². The topological polar surface area (TPSA) is 65.4 Å². The molecule has 1 amide bonds. The SMILES string of the molecule is CCn1nc(C(=O)NCc2ccccc2F)cc1-c1ccc2c(c1)OCO2. The fourth-order valence-electron chi connectivity index (χ4n) is 2.96. The number of nitrogens with one attached hydrogen (secondary N) is 1. The van der Waals surface area contributed by atoms with E-state index in [0.29, 0.717) is 23.6 Å². The first-order valence-corrected chi connectivity index (χ1v) is 8.65. The summed E-state index contributed by atoms with van der Waals surface area (Å²) in [7, 11) is 0. The fourth-order valence-corrected chi connectivity index (χ4v) is 2.96. The Balaban J connectivity index is 1.56. The minimum atomic E-state index is -0.354. The van der Waals surface area contributed by atoms with Gasteiger partial charge in [0.1, 0.15) is 5.82 Å². The molecule has 4 rings (SSSR count). The lowest BCUT2D eigenvalue weighted by molar-refractivity contribution is 0.0944. The monoisotopic (exact) mass is 367 g/mol. The molecule has 1 N–H and O–H groups in total. The number of carbonyl (C=O) groups excluding carboxylic acids is 1. The second-order valence-corrected chi connectivity index (χ2v) is 6.07. The van der Waals surface area contributed by atoms with E-state index in [1.165, 1.54) is 6.07 Å². The van der Waals surface area contributed by atoms with Crippen LogP contribution in [0.3, 0.4) is 0 Å². The van der Waals surface area contributed by atoms with Crippen LogP contribution in [0.1, 0.15) is 23.0 Å². The second kappa shape index (κ2) is 7.11. The van der Waals surface area contributed by atoms with Crippen LogP contribution in [0.5, 0.6) is 11.5 Å². The molecule has 0 fully saturated rings. The number of ether oxygens (including phenoxy) is 2. The molecule has 1 aromatic heterocycles. The lowest BCUT2D eigenvalue weighted by Crippen LogP contribution is -2.24. The van der Waals surface area contributed by atoms with Gasteiger partial charge in [-0.1, -0.05) is 18.2 Å². The van der Waals surface area contributed by atoms with Gasteiger partial charge in [-0.2, -0.15) is 5.10 Å². The molecule has 1 aliphatic heterocycles. The van der Waals surface area contributed by atoms with Gasteiger partial charge >= 0.3 is 0 Å². The first-order valence-electron chi connectivity index (χ1n) is 8.65. The Labute approximate surface area is 155 Å². The van der Waals surface area contributed by atoms with Gasteiger partial charge in [0, 0.05) is 24.2 Å². The summed E-state index contributed by atoms with van der Waals surface area (Å²) in [4.78, 5) is 12.5. The third-order valence-corrected chi connectivity index (χ3v) is 4.38. The van der Waals surface area contributed by atoms with E-state index >= 15 is 0 Å². The third-order valence-electron chi connectivity index (χ3n) is 4.38. The number of nitrogens with zero attached hydrogens (tertiary/aromatic N) is 2. The maximum absolute atomic E-state index is 13.7. The Morgan fingerprint density at radius 1 is 1.19 bits per heavy atom. The lowest BCUT2D eigenvalue weighted by atomic mass is 10.1. The van der Waals surface area contributed by atoms with Crippen LogP contribution in [0.2, 0.25) is 0 Å². The number of hydrogen-bond acceptors (Lipinski definition) is 4. The summed E-state index contributed by atoms with van der Waals surface area (Å²) in [5.41, 5.74) is 2.38. The van der Waals surface area contributed by atoms with Gasteiger partial charge in [0.25, 0.3) is 5.91 Å². The Morgan fingerprint density at radius 2 is 2.00 bits per heavy atom. The minimum Gasteiger partial charge on any atom is -0.454 e. The van der Waals surface area contributed by atoms with Crippen LogP contribution in [-0.4, -0.2) is 22.5 Å². The maximum Gasteiger partial charge on any atom is 0.272 e. The van der Waals surface area contributed by atoms with Crippen molar-refractivity contribution in [3.63, 3.8) is 0 Å². The van der Waals surface area contributed by atoms with Gasteiger partial charge in [0.2, 0.25) is 6.79 Å². The van der Waals surface area contributed by atoms with Crippen molar-refractivity contribution in [2.24, 2.45) is 0 Å². The molecule has 0 saturated carbocycles. The Kier molecular flexibility index (Phi) is 4.50. The average molecular weight is 367 g/mol. The van der Waals surface area contributed by atoms with E-state index in [2.05, 4.69) is 10.4 Å². The zero-order valence-electron chi connectivity index (χ0n) is 14.7. The molecule has 2 aromatic carbocycles. The summed E-state index contributed by atoms with van der Waals surface area (Å²) in [6.07, 6.45) is 0. The second-order valence-electron chi connectivity index (χ2n) is 6.07. The van der Waals surface area contributed by atoms with Crippen molar-refractivity contribution in [2.75, 3.05) is 6.79 Å². The summed E-state index contributed by atoms with van der Waals surface area (Å²) in [5, 5.41) is 7.09. The summed E-state index contributed by atoms with van der Waals surface area (Å²) < 4.78 is 26.2. The minimum absolute atomic E-state index is 0.101. The number of aromatic nitrogens is 2. The van der Waals surface area contributed by atoms with Crippen LogP contribution in [0.25, 0.3) is 11.3 Å². The Morgan fingerprint density at radius 3 is 2.81 bits per heavy atom. The molecule has 0 saturated heterocycles. The van der Waals surface area contributed by atoms with Crippen LogP contribution in [0.4, 0.5) is 4.39 Å². The smallest absolute Gasteiger partial charge is 0.272 e. The highest BCUT2D eigenvalue weighted by molar-refractivity contribution is 5.93. The highest BCUT2D eigenvalue weighted by Gasteiger charge is 2.18. The van der Waals surface area contributed by atoms with Crippen molar-refractivity contribution in [2.45, 2.75) is 20.0 Å². The van der Waals surface area contributed by atoms with E-state index in [-0.39, 0.29) is 30.8 Å². The van der Waals surface area contributed by atoms with Crippen molar-refractivity contribution < 1.29 is 18.7 Å². The van der Waals surface area contributed by atoms with E-state index < -0.39 is 0 Å². The molecule has 0 unspecified atom stereocenters. The van der Waals surface area contributed by atoms with E-state index in [9.17, 15) is 9.18 Å². The maximum atomic E-state index is 13.7. The molecule has 7 heteroatoms. The van der Waals surface area contributed by atoms with Gasteiger partial charge < -0.3 is 14.8 Å². The van der Waals surface area contributed by atoms with Crippen LogP contribution in [0.15, 0.2) is 48.5 Å². The van der Waals surface area contributed by atoms with Gasteiger partial charge in [-0.3, -0.25) is 9.48 Å². The molecule has 2 heterocycles. The van der Waals surface area contributed by atoms with Crippen molar-refractivity contribution in [1.82, 2.24) is 15.1 Å². The summed E-state index contributed by atoms with van der Waals surface area (Å²) in [5.74, 6) is 0.663. The molecule has 6 nitrogen and oxygen atoms in total. The van der Waals surface area contributed by atoms with Gasteiger partial charge in [-0.25, -0.2) is 4.39 Å². The van der Waals surface area contributed by atoms with Gasteiger partial charge in [-0.15, -0.1) is 0 Å². The third kappa shape index (κ3) is 3.36. The zero-order valence-corrected chi connectivity index (χ0v) is 14.7. The molecule has 0 spiro atoms. The molecule has 0 radical (unpaired) electrons. The first kappa shape index (κ1) is 17.1. The van der Waals surface area contributed by atoms with E-state index in [1.807, 2.05) is 25.1 Å². The highest BCUT2D eigenvalue weighted by atomic mass is 19.1. The van der Waals surface area contributed by atoms with Crippen molar-refractivity contribution in [3.8, 4) is 22.8 Å². The van der Waals surface area contributed by atoms with E-state index in [4.69, 9.17) is 9.47 Å². The van der Waals surface area contributed by atoms with Crippen molar-refractivity contribution in [1.29, 1.82) is 0 Å². The Bertz CT molecular complexity index is 1000. The zero-order chi connectivity index (χ0) is 18.8.